The number of pyridine rings is 1. The molecule has 0 bridgehead atoms. The molecule has 25 heavy (non-hydrogen) atoms. The lowest BCUT2D eigenvalue weighted by atomic mass is 10.0. The molecule has 0 aliphatic carbocycles. The van der Waals surface area contributed by atoms with Crippen LogP contribution in [0, 0.1) is 13.8 Å². The van der Waals surface area contributed by atoms with E-state index in [9.17, 15) is 9.59 Å². The van der Waals surface area contributed by atoms with E-state index < -0.39 is 11.6 Å². The number of aromatic nitrogens is 1. The molecule has 1 aliphatic heterocycles. The SMILES string of the molecule is Cc1cc(OC(=O)N(C)C(C)(C)C(=O)N2CCOCC2)cc(C)n1.Cl. The van der Waals surface area contributed by atoms with Crippen molar-refractivity contribution in [3.05, 3.63) is 23.5 Å². The summed E-state index contributed by atoms with van der Waals surface area (Å²) < 4.78 is 10.7. The van der Waals surface area contributed by atoms with Crippen molar-refractivity contribution in [1.29, 1.82) is 0 Å². The summed E-state index contributed by atoms with van der Waals surface area (Å²) in [6.45, 7) is 9.21. The summed E-state index contributed by atoms with van der Waals surface area (Å²) in [5.74, 6) is 0.304. The number of amides is 2. The first-order chi connectivity index (χ1) is 11.2. The quantitative estimate of drug-likeness (QED) is 0.814. The summed E-state index contributed by atoms with van der Waals surface area (Å²) in [4.78, 5) is 32.5. The van der Waals surface area contributed by atoms with Crippen molar-refractivity contribution in [3.8, 4) is 5.75 Å². The Kier molecular flexibility index (Phi) is 7.19. The van der Waals surface area contributed by atoms with Crippen LogP contribution in [0.4, 0.5) is 4.79 Å². The van der Waals surface area contributed by atoms with Crippen molar-refractivity contribution in [1.82, 2.24) is 14.8 Å². The Balaban J connectivity index is 0.00000312. The molecule has 140 valence electrons. The molecular formula is C17H26ClN3O4. The third kappa shape index (κ3) is 5.06. The van der Waals surface area contributed by atoms with Gasteiger partial charge >= 0.3 is 6.09 Å². The highest BCUT2D eigenvalue weighted by atomic mass is 35.5. The number of hydrogen-bond donors (Lipinski definition) is 0. The molecule has 8 heteroatoms. The molecular weight excluding hydrogens is 346 g/mol. The highest BCUT2D eigenvalue weighted by Gasteiger charge is 2.39. The number of likely N-dealkylation sites (N-methyl/N-ethyl adjacent to an activating group) is 1. The van der Waals surface area contributed by atoms with Crippen LogP contribution in [0.15, 0.2) is 12.1 Å². The number of rotatable bonds is 3. The lowest BCUT2D eigenvalue weighted by Gasteiger charge is -2.38. The highest BCUT2D eigenvalue weighted by molar-refractivity contribution is 5.89. The Labute approximate surface area is 154 Å². The lowest BCUT2D eigenvalue weighted by molar-refractivity contribution is -0.145. The molecule has 0 atom stereocenters. The molecule has 0 radical (unpaired) electrons. The first kappa shape index (κ1) is 21.2. The zero-order valence-corrected chi connectivity index (χ0v) is 16.2. The van der Waals surface area contributed by atoms with Gasteiger partial charge in [-0.3, -0.25) is 14.7 Å². The maximum atomic E-state index is 12.7. The smallest absolute Gasteiger partial charge is 0.410 e. The van der Waals surface area contributed by atoms with E-state index in [4.69, 9.17) is 9.47 Å². The predicted molar refractivity (Wildman–Crippen MR) is 96.2 cm³/mol. The van der Waals surface area contributed by atoms with Gasteiger partial charge in [0.25, 0.3) is 0 Å². The fraction of sp³-hybridized carbons (Fsp3) is 0.588. The number of halogens is 1. The van der Waals surface area contributed by atoms with Crippen molar-refractivity contribution in [2.24, 2.45) is 0 Å². The zero-order chi connectivity index (χ0) is 17.9. The molecule has 0 unspecified atom stereocenters. The van der Waals surface area contributed by atoms with Crippen LogP contribution >= 0.6 is 12.4 Å². The molecule has 1 aromatic heterocycles. The minimum atomic E-state index is -1.01. The Morgan fingerprint density at radius 3 is 2.24 bits per heavy atom. The minimum Gasteiger partial charge on any atom is -0.410 e. The van der Waals surface area contributed by atoms with Crippen LogP contribution in [0.2, 0.25) is 0 Å². The number of carbonyl (C=O) groups excluding carboxylic acids is 2. The second-order valence-electron chi connectivity index (χ2n) is 6.48. The molecule has 2 rings (SSSR count). The summed E-state index contributed by atoms with van der Waals surface area (Å²) >= 11 is 0. The highest BCUT2D eigenvalue weighted by Crippen LogP contribution is 2.20. The molecule has 1 fully saturated rings. The van der Waals surface area contributed by atoms with Gasteiger partial charge in [-0.1, -0.05) is 0 Å². The second-order valence-corrected chi connectivity index (χ2v) is 6.48. The minimum absolute atomic E-state index is 0. The fourth-order valence-corrected chi connectivity index (χ4v) is 2.55. The monoisotopic (exact) mass is 371 g/mol. The number of morpholine rings is 1. The molecule has 2 amide bonds. The number of nitrogens with zero attached hydrogens (tertiary/aromatic N) is 3. The van der Waals surface area contributed by atoms with Crippen LogP contribution in [-0.4, -0.2) is 65.7 Å². The lowest BCUT2D eigenvalue weighted by Crippen LogP contribution is -2.58. The summed E-state index contributed by atoms with van der Waals surface area (Å²) in [6, 6.07) is 3.38. The first-order valence-electron chi connectivity index (χ1n) is 8.00. The molecule has 0 aromatic carbocycles. The van der Waals surface area contributed by atoms with Gasteiger partial charge in [0, 0.05) is 43.7 Å². The van der Waals surface area contributed by atoms with Gasteiger partial charge < -0.3 is 14.4 Å². The van der Waals surface area contributed by atoms with Gasteiger partial charge in [0.15, 0.2) is 0 Å². The zero-order valence-electron chi connectivity index (χ0n) is 15.4. The predicted octanol–water partition coefficient (Wildman–Crippen LogP) is 2.19. The summed E-state index contributed by atoms with van der Waals surface area (Å²) in [5.41, 5.74) is 0.527. The number of aryl methyl sites for hydroxylation is 2. The van der Waals surface area contributed by atoms with Gasteiger partial charge in [0.2, 0.25) is 5.91 Å². The summed E-state index contributed by atoms with van der Waals surface area (Å²) in [5, 5.41) is 0. The van der Waals surface area contributed by atoms with Crippen LogP contribution in [0.1, 0.15) is 25.2 Å². The van der Waals surface area contributed by atoms with Crippen molar-refractivity contribution in [3.63, 3.8) is 0 Å². The van der Waals surface area contributed by atoms with Crippen LogP contribution in [0.3, 0.4) is 0 Å². The molecule has 0 saturated carbocycles. The van der Waals surface area contributed by atoms with Crippen molar-refractivity contribution in [2.75, 3.05) is 33.4 Å². The number of ether oxygens (including phenoxy) is 2. The van der Waals surface area contributed by atoms with Crippen LogP contribution in [0.25, 0.3) is 0 Å². The van der Waals surface area contributed by atoms with Crippen molar-refractivity contribution >= 4 is 24.4 Å². The van der Waals surface area contributed by atoms with Gasteiger partial charge in [0.1, 0.15) is 11.3 Å². The van der Waals surface area contributed by atoms with Gasteiger partial charge in [0.05, 0.1) is 13.2 Å². The summed E-state index contributed by atoms with van der Waals surface area (Å²) in [7, 11) is 1.57. The largest absolute Gasteiger partial charge is 0.415 e. The van der Waals surface area contributed by atoms with Crippen LogP contribution in [-0.2, 0) is 9.53 Å². The first-order valence-corrected chi connectivity index (χ1v) is 8.00. The number of hydrogen-bond acceptors (Lipinski definition) is 5. The van der Waals surface area contributed by atoms with E-state index in [0.29, 0.717) is 32.1 Å². The normalized spacial score (nSPS) is 14.5. The molecule has 1 aromatic rings. The van der Waals surface area contributed by atoms with Gasteiger partial charge in [-0.05, 0) is 27.7 Å². The van der Waals surface area contributed by atoms with E-state index in [0.717, 1.165) is 11.4 Å². The molecule has 0 spiro atoms. The third-order valence-corrected chi connectivity index (χ3v) is 4.19. The molecule has 1 aliphatic rings. The fourth-order valence-electron chi connectivity index (χ4n) is 2.55. The number of carbonyl (C=O) groups is 2. The van der Waals surface area contributed by atoms with E-state index in [2.05, 4.69) is 4.98 Å². The Morgan fingerprint density at radius 2 is 1.72 bits per heavy atom. The molecule has 1 saturated heterocycles. The average Bonchev–Trinajstić information content (AvgIpc) is 2.53. The maximum absolute atomic E-state index is 12.7. The topological polar surface area (TPSA) is 72.0 Å². The average molecular weight is 372 g/mol. The molecule has 0 N–H and O–H groups in total. The van der Waals surface area contributed by atoms with E-state index in [1.165, 1.54) is 4.90 Å². The van der Waals surface area contributed by atoms with Gasteiger partial charge in [-0.2, -0.15) is 0 Å². The molecule has 7 nitrogen and oxygen atoms in total. The van der Waals surface area contributed by atoms with Crippen LogP contribution in [0.5, 0.6) is 5.75 Å². The van der Waals surface area contributed by atoms with E-state index >= 15 is 0 Å². The summed E-state index contributed by atoms with van der Waals surface area (Å²) in [6.07, 6.45) is -0.577. The Bertz CT molecular complexity index is 610. The van der Waals surface area contributed by atoms with Crippen LogP contribution < -0.4 is 4.74 Å². The Hall–Kier alpha value is -1.86. The van der Waals surface area contributed by atoms with E-state index in [1.807, 2.05) is 13.8 Å². The van der Waals surface area contributed by atoms with E-state index in [1.54, 1.807) is 37.9 Å². The van der Waals surface area contributed by atoms with Crippen molar-refractivity contribution in [2.45, 2.75) is 33.2 Å². The van der Waals surface area contributed by atoms with Gasteiger partial charge in [-0.25, -0.2) is 4.79 Å². The standard InChI is InChI=1S/C17H25N3O4.ClH/c1-12-10-14(11-13(2)18-12)24-16(22)19(5)17(3,4)15(21)20-6-8-23-9-7-20;/h10-11H,6-9H2,1-5H3;1H. The van der Waals surface area contributed by atoms with Crippen molar-refractivity contribution < 1.29 is 19.1 Å². The van der Waals surface area contributed by atoms with E-state index in [-0.39, 0.29) is 18.3 Å². The van der Waals surface area contributed by atoms with Gasteiger partial charge in [-0.15, -0.1) is 12.4 Å². The second kappa shape index (κ2) is 8.49. The maximum Gasteiger partial charge on any atom is 0.415 e. The molecule has 2 heterocycles. The third-order valence-electron chi connectivity index (χ3n) is 4.19. The Morgan fingerprint density at radius 1 is 1.20 bits per heavy atom.